The maximum Gasteiger partial charge on any atom is 0.337 e. The van der Waals surface area contributed by atoms with E-state index in [1.54, 1.807) is 26.4 Å². The Labute approximate surface area is 172 Å². The lowest BCUT2D eigenvalue weighted by Gasteiger charge is -2.15. The molecule has 29 heavy (non-hydrogen) atoms. The first kappa shape index (κ1) is 22.2. The molecule has 0 N–H and O–H groups in total. The van der Waals surface area contributed by atoms with Crippen LogP contribution in [0, 0.1) is 0 Å². The second-order valence-electron chi connectivity index (χ2n) is 6.69. The van der Waals surface area contributed by atoms with Crippen molar-refractivity contribution in [3.8, 4) is 11.5 Å². The van der Waals surface area contributed by atoms with E-state index in [0.29, 0.717) is 17.1 Å². The lowest BCUT2D eigenvalue weighted by Crippen LogP contribution is -2.04. The molecule has 0 atom stereocenters. The molecular weight excluding hydrogens is 368 g/mol. The molecule has 0 aliphatic carbocycles. The molecule has 0 aromatic heterocycles. The molecule has 0 heterocycles. The van der Waals surface area contributed by atoms with Gasteiger partial charge in [0, 0.05) is 12.7 Å². The van der Waals surface area contributed by atoms with E-state index in [1.807, 2.05) is 30.4 Å². The fourth-order valence-electron chi connectivity index (χ4n) is 2.72. The highest BCUT2D eigenvalue weighted by Crippen LogP contribution is 2.34. The summed E-state index contributed by atoms with van der Waals surface area (Å²) in [7, 11) is 4.58. The van der Waals surface area contributed by atoms with E-state index >= 15 is 0 Å². The van der Waals surface area contributed by atoms with Crippen LogP contribution in [0.4, 0.5) is 0 Å². The molecular formula is C24H28O5. The van der Waals surface area contributed by atoms with Gasteiger partial charge in [-0.25, -0.2) is 4.79 Å². The number of ether oxygens (including phenoxy) is 4. The number of hydrogen-bond acceptors (Lipinski definition) is 5. The summed E-state index contributed by atoms with van der Waals surface area (Å²) in [6.07, 6.45) is 6.86. The van der Waals surface area contributed by atoms with Crippen molar-refractivity contribution in [3.63, 3.8) is 0 Å². The standard InChI is InChI=1S/C24H28O5/c1-17(2)6-11-21-14-19(15-22(27-4)23(21)29-16-26-3)8-7-18-9-12-20(13-10-18)24(25)28-5/h6-10,12-15H,11,16H2,1-5H3/b8-7-. The van der Waals surface area contributed by atoms with Gasteiger partial charge in [-0.3, -0.25) is 0 Å². The van der Waals surface area contributed by atoms with E-state index in [1.165, 1.54) is 12.7 Å². The van der Waals surface area contributed by atoms with Crippen molar-refractivity contribution < 1.29 is 23.7 Å². The van der Waals surface area contributed by atoms with Crippen molar-refractivity contribution >= 4 is 18.1 Å². The second kappa shape index (κ2) is 11.1. The molecule has 0 bridgehead atoms. The molecule has 2 aromatic carbocycles. The normalized spacial score (nSPS) is 10.7. The zero-order valence-corrected chi connectivity index (χ0v) is 17.7. The van der Waals surface area contributed by atoms with Gasteiger partial charge < -0.3 is 18.9 Å². The lowest BCUT2D eigenvalue weighted by atomic mass is 10.0. The first-order chi connectivity index (χ1) is 14.0. The van der Waals surface area contributed by atoms with Crippen LogP contribution in [0.3, 0.4) is 0 Å². The number of hydrogen-bond donors (Lipinski definition) is 0. The quantitative estimate of drug-likeness (QED) is 0.254. The topological polar surface area (TPSA) is 54.0 Å². The molecule has 0 amide bonds. The Bertz CT molecular complexity index is 875. The maximum absolute atomic E-state index is 11.5. The molecule has 0 aliphatic heterocycles. The number of methoxy groups -OCH3 is 3. The minimum Gasteiger partial charge on any atom is -0.493 e. The summed E-state index contributed by atoms with van der Waals surface area (Å²) >= 11 is 0. The molecule has 0 unspecified atom stereocenters. The van der Waals surface area contributed by atoms with Crippen molar-refractivity contribution in [3.05, 3.63) is 70.3 Å². The number of carbonyl (C=O) groups excluding carboxylic acids is 1. The van der Waals surface area contributed by atoms with Crippen LogP contribution in [0.2, 0.25) is 0 Å². The zero-order chi connectivity index (χ0) is 21.2. The third-order valence-corrected chi connectivity index (χ3v) is 4.23. The molecule has 0 fully saturated rings. The zero-order valence-electron chi connectivity index (χ0n) is 17.7. The van der Waals surface area contributed by atoms with Gasteiger partial charge in [0.1, 0.15) is 0 Å². The van der Waals surface area contributed by atoms with Crippen molar-refractivity contribution in [1.29, 1.82) is 0 Å². The highest BCUT2D eigenvalue weighted by molar-refractivity contribution is 5.89. The summed E-state index contributed by atoms with van der Waals surface area (Å²) in [5.74, 6) is 0.995. The average molecular weight is 396 g/mol. The molecule has 0 saturated heterocycles. The Hall–Kier alpha value is -3.05. The molecule has 2 aromatic rings. The lowest BCUT2D eigenvalue weighted by molar-refractivity contribution is 0.0485. The van der Waals surface area contributed by atoms with Crippen molar-refractivity contribution in [2.75, 3.05) is 28.1 Å². The molecule has 2 rings (SSSR count). The summed E-state index contributed by atoms with van der Waals surface area (Å²) in [6, 6.07) is 11.2. The number of benzene rings is 2. The first-order valence-electron chi connectivity index (χ1n) is 9.31. The summed E-state index contributed by atoms with van der Waals surface area (Å²) < 4.78 is 21.1. The van der Waals surface area contributed by atoms with Crippen LogP contribution in [0.5, 0.6) is 11.5 Å². The minimum absolute atomic E-state index is 0.153. The van der Waals surface area contributed by atoms with Crippen LogP contribution in [-0.4, -0.2) is 34.1 Å². The second-order valence-corrected chi connectivity index (χ2v) is 6.69. The van der Waals surface area contributed by atoms with Gasteiger partial charge in [-0.05, 0) is 55.7 Å². The fourth-order valence-corrected chi connectivity index (χ4v) is 2.72. The highest BCUT2D eigenvalue weighted by atomic mass is 16.7. The van der Waals surface area contributed by atoms with Crippen molar-refractivity contribution in [1.82, 2.24) is 0 Å². The molecule has 154 valence electrons. The van der Waals surface area contributed by atoms with Gasteiger partial charge in [0.15, 0.2) is 18.3 Å². The maximum atomic E-state index is 11.5. The largest absolute Gasteiger partial charge is 0.493 e. The van der Waals surface area contributed by atoms with Crippen molar-refractivity contribution in [2.45, 2.75) is 20.3 Å². The minimum atomic E-state index is -0.346. The highest BCUT2D eigenvalue weighted by Gasteiger charge is 2.12. The van der Waals surface area contributed by atoms with E-state index < -0.39 is 0 Å². The average Bonchev–Trinajstić information content (AvgIpc) is 2.74. The Morgan fingerprint density at radius 1 is 0.966 bits per heavy atom. The van der Waals surface area contributed by atoms with E-state index in [-0.39, 0.29) is 12.8 Å². The van der Waals surface area contributed by atoms with Crippen LogP contribution < -0.4 is 9.47 Å². The number of esters is 1. The third kappa shape index (κ3) is 6.50. The third-order valence-electron chi connectivity index (χ3n) is 4.23. The molecule has 0 spiro atoms. The summed E-state index contributed by atoms with van der Waals surface area (Å²) in [5.41, 5.74) is 4.73. The van der Waals surface area contributed by atoms with Gasteiger partial charge in [-0.2, -0.15) is 0 Å². The number of carbonyl (C=O) groups is 1. The van der Waals surface area contributed by atoms with Gasteiger partial charge in [-0.1, -0.05) is 35.9 Å². The molecule has 0 aliphatic rings. The molecule has 5 nitrogen and oxygen atoms in total. The van der Waals surface area contributed by atoms with Gasteiger partial charge in [0.2, 0.25) is 0 Å². The van der Waals surface area contributed by atoms with Crippen LogP contribution in [0.1, 0.15) is 40.9 Å². The number of allylic oxidation sites excluding steroid dienone is 2. The van der Waals surface area contributed by atoms with Gasteiger partial charge >= 0.3 is 5.97 Å². The van der Waals surface area contributed by atoms with E-state index in [9.17, 15) is 4.79 Å². The van der Waals surface area contributed by atoms with Gasteiger partial charge in [0.25, 0.3) is 0 Å². The summed E-state index contributed by atoms with van der Waals surface area (Å²) in [5, 5.41) is 0. The Morgan fingerprint density at radius 2 is 1.66 bits per heavy atom. The van der Waals surface area contributed by atoms with Gasteiger partial charge in [0.05, 0.1) is 19.8 Å². The monoisotopic (exact) mass is 396 g/mol. The van der Waals surface area contributed by atoms with E-state index in [4.69, 9.17) is 18.9 Å². The smallest absolute Gasteiger partial charge is 0.337 e. The summed E-state index contributed by atoms with van der Waals surface area (Å²) in [4.78, 5) is 11.5. The van der Waals surface area contributed by atoms with Crippen LogP contribution in [0.15, 0.2) is 48.0 Å². The first-order valence-corrected chi connectivity index (χ1v) is 9.31. The molecule has 0 saturated carbocycles. The predicted octanol–water partition coefficient (Wildman–Crippen LogP) is 5.14. The van der Waals surface area contributed by atoms with E-state index in [0.717, 1.165) is 23.1 Å². The Kier molecular flexibility index (Phi) is 8.49. The molecule has 0 radical (unpaired) electrons. The van der Waals surface area contributed by atoms with Crippen LogP contribution in [-0.2, 0) is 15.9 Å². The fraction of sp³-hybridized carbons (Fsp3) is 0.292. The van der Waals surface area contributed by atoms with Gasteiger partial charge in [-0.15, -0.1) is 0 Å². The number of rotatable bonds is 9. The van der Waals surface area contributed by atoms with Crippen LogP contribution >= 0.6 is 0 Å². The van der Waals surface area contributed by atoms with E-state index in [2.05, 4.69) is 26.0 Å². The predicted molar refractivity (Wildman–Crippen MR) is 115 cm³/mol. The van der Waals surface area contributed by atoms with Crippen molar-refractivity contribution in [2.24, 2.45) is 0 Å². The Morgan fingerprint density at radius 3 is 2.24 bits per heavy atom. The van der Waals surface area contributed by atoms with Crippen LogP contribution in [0.25, 0.3) is 12.2 Å². The molecule has 5 heteroatoms. The summed E-state index contributed by atoms with van der Waals surface area (Å²) in [6.45, 7) is 4.28. The Balaban J connectivity index is 2.33. The SMILES string of the molecule is COCOc1c(CC=C(C)C)cc(/C=C\c2ccc(C(=O)OC)cc2)cc1OC.